The Labute approximate surface area is 118 Å². The SMILES string of the molecule is Fc1ccccc1[C@@H](NCc1ncc[nH]1)C1CCCC1. The molecule has 3 nitrogen and oxygen atoms in total. The lowest BCUT2D eigenvalue weighted by molar-refractivity contribution is 0.352. The fourth-order valence-corrected chi connectivity index (χ4v) is 3.15. The van der Waals surface area contributed by atoms with Gasteiger partial charge in [0.15, 0.2) is 0 Å². The van der Waals surface area contributed by atoms with Crippen molar-refractivity contribution in [3.05, 3.63) is 53.9 Å². The highest BCUT2D eigenvalue weighted by atomic mass is 19.1. The lowest BCUT2D eigenvalue weighted by atomic mass is 9.91. The Hall–Kier alpha value is -1.68. The van der Waals surface area contributed by atoms with Crippen LogP contribution in [0.25, 0.3) is 0 Å². The second kappa shape index (κ2) is 6.18. The molecule has 0 amide bonds. The zero-order chi connectivity index (χ0) is 13.8. The number of halogens is 1. The first-order valence-corrected chi connectivity index (χ1v) is 7.30. The third-order valence-corrected chi connectivity index (χ3v) is 4.16. The van der Waals surface area contributed by atoms with Crippen LogP contribution in [0.2, 0.25) is 0 Å². The fourth-order valence-electron chi connectivity index (χ4n) is 3.15. The van der Waals surface area contributed by atoms with Gasteiger partial charge in [0.1, 0.15) is 11.6 Å². The molecular weight excluding hydrogens is 253 g/mol. The van der Waals surface area contributed by atoms with Crippen molar-refractivity contribution in [3.8, 4) is 0 Å². The molecule has 1 aromatic carbocycles. The molecule has 1 aromatic heterocycles. The summed E-state index contributed by atoms with van der Waals surface area (Å²) < 4.78 is 14.1. The Bertz CT molecular complexity index is 532. The number of hydrogen-bond acceptors (Lipinski definition) is 2. The minimum absolute atomic E-state index is 0.0730. The molecule has 1 aliphatic carbocycles. The van der Waals surface area contributed by atoms with Crippen molar-refractivity contribution in [2.24, 2.45) is 5.92 Å². The van der Waals surface area contributed by atoms with Gasteiger partial charge in [-0.25, -0.2) is 9.37 Å². The number of H-pyrrole nitrogens is 1. The van der Waals surface area contributed by atoms with E-state index >= 15 is 0 Å². The predicted molar refractivity (Wildman–Crippen MR) is 76.5 cm³/mol. The van der Waals surface area contributed by atoms with Gasteiger partial charge in [0.05, 0.1) is 6.54 Å². The largest absolute Gasteiger partial charge is 0.348 e. The Balaban J connectivity index is 1.78. The molecule has 1 heterocycles. The van der Waals surface area contributed by atoms with Gasteiger partial charge in [-0.15, -0.1) is 0 Å². The highest BCUT2D eigenvalue weighted by molar-refractivity contribution is 5.22. The van der Waals surface area contributed by atoms with Crippen LogP contribution in [0.4, 0.5) is 4.39 Å². The van der Waals surface area contributed by atoms with Gasteiger partial charge in [-0.2, -0.15) is 0 Å². The van der Waals surface area contributed by atoms with Gasteiger partial charge in [-0.1, -0.05) is 31.0 Å². The number of aromatic amines is 1. The first-order chi connectivity index (χ1) is 9.84. The van der Waals surface area contributed by atoms with E-state index in [4.69, 9.17) is 0 Å². The Kier molecular flexibility index (Phi) is 4.11. The number of aromatic nitrogens is 2. The van der Waals surface area contributed by atoms with E-state index in [2.05, 4.69) is 15.3 Å². The molecule has 20 heavy (non-hydrogen) atoms. The molecule has 1 aliphatic rings. The zero-order valence-corrected chi connectivity index (χ0v) is 11.5. The second-order valence-electron chi connectivity index (χ2n) is 5.46. The van der Waals surface area contributed by atoms with E-state index in [1.807, 2.05) is 18.3 Å². The summed E-state index contributed by atoms with van der Waals surface area (Å²) in [6.07, 6.45) is 8.39. The monoisotopic (exact) mass is 273 g/mol. The van der Waals surface area contributed by atoms with E-state index in [0.29, 0.717) is 12.5 Å². The number of benzene rings is 1. The van der Waals surface area contributed by atoms with Crippen molar-refractivity contribution in [2.45, 2.75) is 38.3 Å². The van der Waals surface area contributed by atoms with Crippen LogP contribution in [0.15, 0.2) is 36.7 Å². The van der Waals surface area contributed by atoms with E-state index in [1.165, 1.54) is 25.7 Å². The van der Waals surface area contributed by atoms with Crippen molar-refractivity contribution in [2.75, 3.05) is 0 Å². The standard InChI is InChI=1S/C16H20FN3/c17-14-8-4-3-7-13(14)16(12-5-1-2-6-12)20-11-15-18-9-10-19-15/h3-4,7-10,12,16,20H,1-2,5-6,11H2,(H,18,19)/t16-/m0/s1. The van der Waals surface area contributed by atoms with Crippen LogP contribution >= 0.6 is 0 Å². The molecule has 0 unspecified atom stereocenters. The molecule has 0 radical (unpaired) electrons. The molecule has 0 bridgehead atoms. The third kappa shape index (κ3) is 2.90. The summed E-state index contributed by atoms with van der Waals surface area (Å²) in [5, 5.41) is 3.49. The van der Waals surface area contributed by atoms with Crippen molar-refractivity contribution >= 4 is 0 Å². The van der Waals surface area contributed by atoms with Gasteiger partial charge in [0.2, 0.25) is 0 Å². The van der Waals surface area contributed by atoms with Gasteiger partial charge in [-0.3, -0.25) is 0 Å². The van der Waals surface area contributed by atoms with Crippen molar-refractivity contribution in [1.29, 1.82) is 0 Å². The summed E-state index contributed by atoms with van der Waals surface area (Å²) in [5.41, 5.74) is 0.783. The maximum absolute atomic E-state index is 14.1. The molecule has 106 valence electrons. The summed E-state index contributed by atoms with van der Waals surface area (Å²) in [6.45, 7) is 0.641. The van der Waals surface area contributed by atoms with E-state index in [1.54, 1.807) is 18.3 Å². The van der Waals surface area contributed by atoms with E-state index in [9.17, 15) is 4.39 Å². The van der Waals surface area contributed by atoms with Gasteiger partial charge in [-0.05, 0) is 24.8 Å². The molecule has 3 rings (SSSR count). The smallest absolute Gasteiger partial charge is 0.127 e. The topological polar surface area (TPSA) is 40.7 Å². The maximum Gasteiger partial charge on any atom is 0.127 e. The lowest BCUT2D eigenvalue weighted by Crippen LogP contribution is -2.28. The van der Waals surface area contributed by atoms with Gasteiger partial charge in [0.25, 0.3) is 0 Å². The van der Waals surface area contributed by atoms with E-state index in [0.717, 1.165) is 11.4 Å². The molecule has 4 heteroatoms. The summed E-state index contributed by atoms with van der Waals surface area (Å²) in [6, 6.07) is 7.18. The lowest BCUT2D eigenvalue weighted by Gasteiger charge is -2.25. The third-order valence-electron chi connectivity index (χ3n) is 4.16. The highest BCUT2D eigenvalue weighted by Crippen LogP contribution is 2.36. The first-order valence-electron chi connectivity index (χ1n) is 7.30. The average Bonchev–Trinajstić information content (AvgIpc) is 3.14. The molecule has 1 saturated carbocycles. The minimum atomic E-state index is -0.114. The number of hydrogen-bond donors (Lipinski definition) is 2. The fraction of sp³-hybridized carbons (Fsp3) is 0.438. The number of imidazole rings is 1. The molecule has 2 aromatic rings. The zero-order valence-electron chi connectivity index (χ0n) is 11.5. The molecular formula is C16H20FN3. The second-order valence-corrected chi connectivity index (χ2v) is 5.46. The van der Waals surface area contributed by atoms with Crippen LogP contribution in [0.1, 0.15) is 43.1 Å². The molecule has 1 fully saturated rings. The van der Waals surface area contributed by atoms with Crippen LogP contribution in [-0.2, 0) is 6.54 Å². The van der Waals surface area contributed by atoms with Crippen LogP contribution < -0.4 is 5.32 Å². The molecule has 0 aliphatic heterocycles. The first kappa shape index (κ1) is 13.3. The Morgan fingerprint density at radius 1 is 1.30 bits per heavy atom. The van der Waals surface area contributed by atoms with Crippen LogP contribution in [-0.4, -0.2) is 9.97 Å². The van der Waals surface area contributed by atoms with Crippen molar-refractivity contribution < 1.29 is 4.39 Å². The minimum Gasteiger partial charge on any atom is -0.348 e. The number of rotatable bonds is 5. The molecule has 2 N–H and O–H groups in total. The van der Waals surface area contributed by atoms with Gasteiger partial charge < -0.3 is 10.3 Å². The normalized spacial score (nSPS) is 17.4. The Morgan fingerprint density at radius 3 is 2.80 bits per heavy atom. The summed E-state index contributed by atoms with van der Waals surface area (Å²) in [5.74, 6) is 1.29. The average molecular weight is 273 g/mol. The van der Waals surface area contributed by atoms with Crippen molar-refractivity contribution in [3.63, 3.8) is 0 Å². The molecule has 1 atom stereocenters. The van der Waals surface area contributed by atoms with E-state index < -0.39 is 0 Å². The maximum atomic E-state index is 14.1. The van der Waals surface area contributed by atoms with Gasteiger partial charge in [0, 0.05) is 24.0 Å². The van der Waals surface area contributed by atoms with Crippen LogP contribution in [0.3, 0.4) is 0 Å². The highest BCUT2D eigenvalue weighted by Gasteiger charge is 2.27. The predicted octanol–water partition coefficient (Wildman–Crippen LogP) is 3.57. The van der Waals surface area contributed by atoms with E-state index in [-0.39, 0.29) is 11.9 Å². The van der Waals surface area contributed by atoms with Crippen LogP contribution in [0, 0.1) is 11.7 Å². The number of nitrogens with one attached hydrogen (secondary N) is 2. The van der Waals surface area contributed by atoms with Crippen molar-refractivity contribution in [1.82, 2.24) is 15.3 Å². The van der Waals surface area contributed by atoms with Gasteiger partial charge >= 0.3 is 0 Å². The molecule has 0 saturated heterocycles. The number of nitrogens with zero attached hydrogens (tertiary/aromatic N) is 1. The summed E-state index contributed by atoms with van der Waals surface area (Å²) in [7, 11) is 0. The molecule has 0 spiro atoms. The van der Waals surface area contributed by atoms with Crippen LogP contribution in [0.5, 0.6) is 0 Å². The Morgan fingerprint density at radius 2 is 2.10 bits per heavy atom. The quantitative estimate of drug-likeness (QED) is 0.874. The summed E-state index contributed by atoms with van der Waals surface area (Å²) in [4.78, 5) is 7.30. The summed E-state index contributed by atoms with van der Waals surface area (Å²) >= 11 is 0.